The maximum atomic E-state index is 13.7. The molecule has 0 radical (unpaired) electrons. The highest BCUT2D eigenvalue weighted by Gasteiger charge is 2.35. The van der Waals surface area contributed by atoms with Gasteiger partial charge in [0, 0.05) is 40.1 Å². The quantitative estimate of drug-likeness (QED) is 0.107. The first-order valence-corrected chi connectivity index (χ1v) is 16.0. The first-order chi connectivity index (χ1) is 22.2. The zero-order valence-electron chi connectivity index (χ0n) is 25.7. The van der Waals surface area contributed by atoms with Crippen molar-refractivity contribution in [3.05, 3.63) is 95.5 Å². The smallest absolute Gasteiger partial charge is 0.355 e. The molecule has 1 N–H and O–H groups in total. The summed E-state index contributed by atoms with van der Waals surface area (Å²) in [6, 6.07) is 20.7. The summed E-state index contributed by atoms with van der Waals surface area (Å²) in [6.45, 7) is 4.44. The van der Waals surface area contributed by atoms with E-state index < -0.39 is 0 Å². The minimum atomic E-state index is -0.317. The van der Waals surface area contributed by atoms with E-state index in [-0.39, 0.29) is 12.6 Å². The molecule has 232 valence electrons. The first kappa shape index (κ1) is 29.3. The molecule has 2 aromatic heterocycles. The molecule has 5 aromatic rings. The minimum absolute atomic E-state index is 0.0163. The van der Waals surface area contributed by atoms with Crippen molar-refractivity contribution >= 4 is 27.6 Å². The van der Waals surface area contributed by atoms with Crippen LogP contribution in [0.3, 0.4) is 0 Å². The molecule has 0 amide bonds. The third-order valence-electron chi connectivity index (χ3n) is 8.75. The van der Waals surface area contributed by atoms with Crippen molar-refractivity contribution in [3.63, 3.8) is 0 Å². The number of carbonyl (C=O) groups excluding carboxylic acids is 1. The van der Waals surface area contributed by atoms with Gasteiger partial charge in [-0.3, -0.25) is 4.68 Å². The number of para-hydroxylation sites is 1. The SMILES string of the molecule is CCOC(=O)c1c(CCCOc2cccc3ccccc23)c2cccc3c2n1C/C=C\COCc1nn(CCO)c(C2CC2)c1-3. The van der Waals surface area contributed by atoms with E-state index in [1.807, 2.05) is 41.9 Å². The lowest BCUT2D eigenvalue weighted by atomic mass is 9.96. The average Bonchev–Trinajstić information content (AvgIpc) is 3.76. The van der Waals surface area contributed by atoms with E-state index in [2.05, 4.69) is 47.0 Å². The molecule has 0 unspecified atom stereocenters. The summed E-state index contributed by atoms with van der Waals surface area (Å²) < 4.78 is 22.1. The highest BCUT2D eigenvalue weighted by atomic mass is 16.5. The Morgan fingerprint density at radius 1 is 1.04 bits per heavy atom. The number of ether oxygens (including phenoxy) is 3. The molecule has 7 rings (SSSR count). The maximum Gasteiger partial charge on any atom is 0.355 e. The molecule has 1 saturated carbocycles. The fourth-order valence-electron chi connectivity index (χ4n) is 6.73. The first-order valence-electron chi connectivity index (χ1n) is 16.0. The Labute approximate surface area is 262 Å². The number of benzene rings is 3. The van der Waals surface area contributed by atoms with Crippen molar-refractivity contribution in [2.75, 3.05) is 26.4 Å². The Bertz CT molecular complexity index is 1880. The molecule has 0 atom stereocenters. The van der Waals surface area contributed by atoms with Crippen LogP contribution in [0.1, 0.15) is 59.5 Å². The van der Waals surface area contributed by atoms with Gasteiger partial charge in [0.1, 0.15) is 11.4 Å². The summed E-state index contributed by atoms with van der Waals surface area (Å²) in [5.74, 6) is 0.943. The van der Waals surface area contributed by atoms with Crippen LogP contribution in [0.4, 0.5) is 0 Å². The lowest BCUT2D eigenvalue weighted by Crippen LogP contribution is -2.14. The molecular weight excluding hydrogens is 566 g/mol. The predicted octanol–water partition coefficient (Wildman–Crippen LogP) is 6.80. The van der Waals surface area contributed by atoms with Crippen molar-refractivity contribution in [1.29, 1.82) is 0 Å². The van der Waals surface area contributed by atoms with Gasteiger partial charge in [-0.15, -0.1) is 0 Å². The predicted molar refractivity (Wildman–Crippen MR) is 175 cm³/mol. The Hall–Kier alpha value is -4.40. The van der Waals surface area contributed by atoms with Crippen molar-refractivity contribution in [2.24, 2.45) is 0 Å². The molecule has 8 heteroatoms. The molecule has 1 fully saturated rings. The van der Waals surface area contributed by atoms with Gasteiger partial charge >= 0.3 is 5.97 Å². The number of aryl methyl sites for hydroxylation is 1. The molecule has 1 aliphatic carbocycles. The number of esters is 1. The van der Waals surface area contributed by atoms with Gasteiger partial charge in [-0.25, -0.2) is 4.79 Å². The van der Waals surface area contributed by atoms with Crippen molar-refractivity contribution in [2.45, 2.75) is 58.2 Å². The fraction of sp³-hybridized carbons (Fsp3) is 0.351. The molecule has 8 nitrogen and oxygen atoms in total. The highest BCUT2D eigenvalue weighted by molar-refractivity contribution is 6.05. The van der Waals surface area contributed by atoms with Gasteiger partial charge in [0.15, 0.2) is 0 Å². The van der Waals surface area contributed by atoms with Crippen LogP contribution in [0.25, 0.3) is 32.8 Å². The number of rotatable bonds is 10. The maximum absolute atomic E-state index is 13.7. The van der Waals surface area contributed by atoms with E-state index in [1.165, 1.54) is 0 Å². The molecule has 45 heavy (non-hydrogen) atoms. The van der Waals surface area contributed by atoms with Crippen LogP contribution in [0, 0.1) is 0 Å². The fourth-order valence-corrected chi connectivity index (χ4v) is 6.73. The largest absolute Gasteiger partial charge is 0.493 e. The van der Waals surface area contributed by atoms with Crippen LogP contribution >= 0.6 is 0 Å². The molecular formula is C37H39N3O5. The number of aromatic nitrogens is 3. The summed E-state index contributed by atoms with van der Waals surface area (Å²) in [4.78, 5) is 13.7. The third-order valence-corrected chi connectivity index (χ3v) is 8.75. The third kappa shape index (κ3) is 5.64. The van der Waals surface area contributed by atoms with Gasteiger partial charge < -0.3 is 23.9 Å². The summed E-state index contributed by atoms with van der Waals surface area (Å²) in [5, 5.41) is 18.1. The number of nitrogens with zero attached hydrogens (tertiary/aromatic N) is 3. The van der Waals surface area contributed by atoms with Crippen LogP contribution in [0.2, 0.25) is 0 Å². The molecule has 3 heterocycles. The van der Waals surface area contributed by atoms with Gasteiger partial charge in [-0.1, -0.05) is 66.7 Å². The highest BCUT2D eigenvalue weighted by Crippen LogP contribution is 2.48. The van der Waals surface area contributed by atoms with Crippen LogP contribution in [0.15, 0.2) is 72.8 Å². The minimum Gasteiger partial charge on any atom is -0.493 e. The Morgan fingerprint density at radius 2 is 1.87 bits per heavy atom. The number of aliphatic hydroxyl groups is 1. The van der Waals surface area contributed by atoms with Crippen LogP contribution < -0.4 is 4.74 Å². The number of allylic oxidation sites excluding steroid dienone is 1. The van der Waals surface area contributed by atoms with E-state index >= 15 is 0 Å². The lowest BCUT2D eigenvalue weighted by Gasteiger charge is -2.13. The van der Waals surface area contributed by atoms with E-state index in [4.69, 9.17) is 19.3 Å². The lowest BCUT2D eigenvalue weighted by molar-refractivity contribution is 0.0513. The summed E-state index contributed by atoms with van der Waals surface area (Å²) in [5.41, 5.74) is 6.69. The van der Waals surface area contributed by atoms with Crippen molar-refractivity contribution in [3.8, 4) is 16.9 Å². The Balaban J connectivity index is 1.33. The standard InChI is InChI=1S/C37H39N3O5/c1-2-44-37(42)36-29(15-9-23-45-32-16-7-11-25-10-3-4-12-27(25)32)28-13-8-14-30-33-31(24-43-22-6-5-19-39(36)35(28)30)38-40(20-21-41)34(33)26-17-18-26/h3-8,10-14,16,26,41H,2,9,15,17-24H2,1H3/b6-5-. The average molecular weight is 606 g/mol. The second-order valence-electron chi connectivity index (χ2n) is 11.7. The van der Waals surface area contributed by atoms with Gasteiger partial charge in [0.05, 0.1) is 50.8 Å². The van der Waals surface area contributed by atoms with Gasteiger partial charge in [0.2, 0.25) is 0 Å². The summed E-state index contributed by atoms with van der Waals surface area (Å²) >= 11 is 0. The number of fused-ring (bicyclic) bond motifs is 3. The second kappa shape index (κ2) is 12.9. The van der Waals surface area contributed by atoms with Crippen LogP contribution in [0.5, 0.6) is 5.75 Å². The van der Waals surface area contributed by atoms with Crippen molar-refractivity contribution in [1.82, 2.24) is 14.3 Å². The van der Waals surface area contributed by atoms with E-state index in [0.29, 0.717) is 57.5 Å². The molecule has 0 saturated heterocycles. The van der Waals surface area contributed by atoms with Gasteiger partial charge in [0.25, 0.3) is 0 Å². The van der Waals surface area contributed by atoms with E-state index in [9.17, 15) is 9.90 Å². The Morgan fingerprint density at radius 3 is 2.71 bits per heavy atom. The topological polar surface area (TPSA) is 87.7 Å². The summed E-state index contributed by atoms with van der Waals surface area (Å²) in [7, 11) is 0. The second-order valence-corrected chi connectivity index (χ2v) is 11.7. The molecule has 0 spiro atoms. The zero-order chi connectivity index (χ0) is 30.8. The molecule has 2 aliphatic rings. The number of carbonyl (C=O) groups is 1. The molecule has 0 bridgehead atoms. The molecule has 1 aliphatic heterocycles. The van der Waals surface area contributed by atoms with E-state index in [1.54, 1.807) is 0 Å². The van der Waals surface area contributed by atoms with E-state index in [0.717, 1.165) is 74.8 Å². The van der Waals surface area contributed by atoms with Crippen LogP contribution in [-0.4, -0.2) is 51.9 Å². The monoisotopic (exact) mass is 605 g/mol. The Kier molecular flexibility index (Phi) is 8.41. The summed E-state index contributed by atoms with van der Waals surface area (Å²) in [6.07, 6.45) is 7.64. The number of hydrogen-bond acceptors (Lipinski definition) is 6. The molecule has 3 aromatic carbocycles. The van der Waals surface area contributed by atoms with Crippen LogP contribution in [-0.2, 0) is 35.6 Å². The number of aliphatic hydroxyl groups excluding tert-OH is 1. The normalized spacial score (nSPS) is 15.5. The zero-order valence-corrected chi connectivity index (χ0v) is 25.7. The van der Waals surface area contributed by atoms with Gasteiger partial charge in [-0.05, 0) is 49.6 Å². The number of hydrogen-bond donors (Lipinski definition) is 1. The van der Waals surface area contributed by atoms with Gasteiger partial charge in [-0.2, -0.15) is 5.10 Å². The van der Waals surface area contributed by atoms with Crippen molar-refractivity contribution < 1.29 is 24.1 Å².